The molecule has 0 aliphatic rings. The van der Waals surface area contributed by atoms with Crippen molar-refractivity contribution < 1.29 is 9.53 Å². The van der Waals surface area contributed by atoms with E-state index in [0.29, 0.717) is 19.1 Å². The van der Waals surface area contributed by atoms with Crippen molar-refractivity contribution >= 4 is 5.97 Å². The van der Waals surface area contributed by atoms with Gasteiger partial charge in [-0.15, -0.1) is 0 Å². The lowest BCUT2D eigenvalue weighted by Gasteiger charge is -2.32. The Labute approximate surface area is 116 Å². The predicted octanol–water partition coefficient (Wildman–Crippen LogP) is 3.24. The molecular weight excluding hydrogens is 238 g/mol. The lowest BCUT2D eigenvalue weighted by molar-refractivity contribution is -0.144. The zero-order valence-electron chi connectivity index (χ0n) is 12.4. The van der Waals surface area contributed by atoms with Crippen LogP contribution >= 0.6 is 0 Å². The molecule has 0 bridgehead atoms. The summed E-state index contributed by atoms with van der Waals surface area (Å²) in [4.78, 5) is 13.9. The van der Waals surface area contributed by atoms with Crippen molar-refractivity contribution in [3.05, 3.63) is 35.9 Å². The summed E-state index contributed by atoms with van der Waals surface area (Å²) < 4.78 is 5.03. The molecule has 19 heavy (non-hydrogen) atoms. The molecule has 1 atom stereocenters. The number of hydrogen-bond acceptors (Lipinski definition) is 3. The smallest absolute Gasteiger partial charge is 0.307 e. The van der Waals surface area contributed by atoms with Crippen LogP contribution in [0.2, 0.25) is 0 Å². The molecule has 0 saturated heterocycles. The third-order valence-electron chi connectivity index (χ3n) is 3.20. The SMILES string of the molecule is CCOC(=O)CC(C)N(Cc1ccccc1)C(C)C. The van der Waals surface area contributed by atoms with Gasteiger partial charge in [0.05, 0.1) is 13.0 Å². The van der Waals surface area contributed by atoms with Gasteiger partial charge in [0.1, 0.15) is 0 Å². The number of ether oxygens (including phenoxy) is 1. The average molecular weight is 263 g/mol. The van der Waals surface area contributed by atoms with Crippen LogP contribution in [0.1, 0.15) is 39.7 Å². The van der Waals surface area contributed by atoms with Gasteiger partial charge in [-0.2, -0.15) is 0 Å². The van der Waals surface area contributed by atoms with E-state index in [4.69, 9.17) is 4.74 Å². The normalized spacial score (nSPS) is 12.7. The van der Waals surface area contributed by atoms with E-state index in [2.05, 4.69) is 37.8 Å². The summed E-state index contributed by atoms with van der Waals surface area (Å²) in [6, 6.07) is 10.9. The van der Waals surface area contributed by atoms with Gasteiger partial charge in [-0.3, -0.25) is 9.69 Å². The van der Waals surface area contributed by atoms with Gasteiger partial charge in [0.2, 0.25) is 0 Å². The van der Waals surface area contributed by atoms with E-state index in [1.807, 2.05) is 25.1 Å². The van der Waals surface area contributed by atoms with Crippen LogP contribution in [-0.4, -0.2) is 29.6 Å². The van der Waals surface area contributed by atoms with Crippen molar-refractivity contribution in [1.82, 2.24) is 4.90 Å². The van der Waals surface area contributed by atoms with E-state index in [1.165, 1.54) is 5.56 Å². The van der Waals surface area contributed by atoms with Crippen LogP contribution in [0.3, 0.4) is 0 Å². The molecule has 1 unspecified atom stereocenters. The fourth-order valence-corrected chi connectivity index (χ4v) is 2.22. The minimum atomic E-state index is -0.117. The van der Waals surface area contributed by atoms with Crippen molar-refractivity contribution in [2.45, 2.75) is 52.7 Å². The van der Waals surface area contributed by atoms with Crippen LogP contribution in [-0.2, 0) is 16.1 Å². The Bertz CT molecular complexity index is 376. The Balaban J connectivity index is 2.64. The third kappa shape index (κ3) is 5.43. The number of rotatable bonds is 7. The molecule has 0 saturated carbocycles. The maximum absolute atomic E-state index is 11.6. The molecule has 1 aromatic rings. The van der Waals surface area contributed by atoms with Gasteiger partial charge in [0, 0.05) is 18.6 Å². The first-order chi connectivity index (χ1) is 9.04. The summed E-state index contributed by atoms with van der Waals surface area (Å²) in [7, 11) is 0. The molecule has 0 spiro atoms. The van der Waals surface area contributed by atoms with Gasteiger partial charge >= 0.3 is 5.97 Å². The standard InChI is InChI=1S/C16H25NO2/c1-5-19-16(18)11-14(4)17(13(2)3)12-15-9-7-6-8-10-15/h6-10,13-14H,5,11-12H2,1-4H3. The quantitative estimate of drug-likeness (QED) is 0.707. The van der Waals surface area contributed by atoms with E-state index in [9.17, 15) is 4.79 Å². The van der Waals surface area contributed by atoms with E-state index in [0.717, 1.165) is 6.54 Å². The number of carbonyl (C=O) groups excluding carboxylic acids is 1. The van der Waals surface area contributed by atoms with Gasteiger partial charge in [0.15, 0.2) is 0 Å². The molecule has 0 amide bonds. The third-order valence-corrected chi connectivity index (χ3v) is 3.20. The van der Waals surface area contributed by atoms with Crippen LogP contribution in [0.4, 0.5) is 0 Å². The molecule has 0 heterocycles. The fourth-order valence-electron chi connectivity index (χ4n) is 2.22. The van der Waals surface area contributed by atoms with Crippen molar-refractivity contribution in [1.29, 1.82) is 0 Å². The van der Waals surface area contributed by atoms with E-state index in [-0.39, 0.29) is 12.0 Å². The highest BCUT2D eigenvalue weighted by Gasteiger charge is 2.20. The van der Waals surface area contributed by atoms with E-state index >= 15 is 0 Å². The zero-order valence-corrected chi connectivity index (χ0v) is 12.4. The average Bonchev–Trinajstić information content (AvgIpc) is 2.36. The second-order valence-corrected chi connectivity index (χ2v) is 5.11. The molecule has 1 rings (SSSR count). The summed E-state index contributed by atoms with van der Waals surface area (Å²) in [6.45, 7) is 9.55. The number of carbonyl (C=O) groups is 1. The van der Waals surface area contributed by atoms with E-state index < -0.39 is 0 Å². The minimum Gasteiger partial charge on any atom is -0.466 e. The molecular formula is C16H25NO2. The van der Waals surface area contributed by atoms with Crippen molar-refractivity contribution in [2.75, 3.05) is 6.61 Å². The van der Waals surface area contributed by atoms with Crippen LogP contribution in [0.15, 0.2) is 30.3 Å². The topological polar surface area (TPSA) is 29.5 Å². The van der Waals surface area contributed by atoms with Crippen LogP contribution in [0, 0.1) is 0 Å². The Morgan fingerprint density at radius 2 is 1.84 bits per heavy atom. The molecule has 0 aromatic heterocycles. The highest BCUT2D eigenvalue weighted by molar-refractivity contribution is 5.70. The summed E-state index contributed by atoms with van der Waals surface area (Å²) >= 11 is 0. The van der Waals surface area contributed by atoms with Crippen molar-refractivity contribution in [3.8, 4) is 0 Å². The number of hydrogen-bond donors (Lipinski definition) is 0. The first-order valence-electron chi connectivity index (χ1n) is 6.99. The van der Waals surface area contributed by atoms with Gasteiger partial charge in [-0.1, -0.05) is 30.3 Å². The maximum atomic E-state index is 11.6. The van der Waals surface area contributed by atoms with Crippen LogP contribution < -0.4 is 0 Å². The number of nitrogens with zero attached hydrogens (tertiary/aromatic N) is 1. The second-order valence-electron chi connectivity index (χ2n) is 5.11. The molecule has 1 aromatic carbocycles. The summed E-state index contributed by atoms with van der Waals surface area (Å²) in [5.41, 5.74) is 1.27. The Kier molecular flexibility index (Phi) is 6.57. The van der Waals surface area contributed by atoms with Gasteiger partial charge < -0.3 is 4.74 Å². The Hall–Kier alpha value is -1.35. The second kappa shape index (κ2) is 7.95. The van der Waals surface area contributed by atoms with Gasteiger partial charge in [0.25, 0.3) is 0 Å². The van der Waals surface area contributed by atoms with Crippen molar-refractivity contribution in [2.24, 2.45) is 0 Å². The van der Waals surface area contributed by atoms with Gasteiger partial charge in [-0.25, -0.2) is 0 Å². The zero-order chi connectivity index (χ0) is 14.3. The monoisotopic (exact) mass is 263 g/mol. The summed E-state index contributed by atoms with van der Waals surface area (Å²) in [6.07, 6.45) is 0.443. The molecule has 0 radical (unpaired) electrons. The molecule has 106 valence electrons. The maximum Gasteiger partial charge on any atom is 0.307 e. The molecule has 0 fully saturated rings. The molecule has 3 heteroatoms. The lowest BCUT2D eigenvalue weighted by atomic mass is 10.1. The summed E-state index contributed by atoms with van der Waals surface area (Å²) in [5.74, 6) is -0.117. The highest BCUT2D eigenvalue weighted by Crippen LogP contribution is 2.14. The molecule has 3 nitrogen and oxygen atoms in total. The van der Waals surface area contributed by atoms with E-state index in [1.54, 1.807) is 0 Å². The summed E-state index contributed by atoms with van der Waals surface area (Å²) in [5, 5.41) is 0. The first-order valence-corrected chi connectivity index (χ1v) is 6.99. The molecule has 0 aliphatic heterocycles. The van der Waals surface area contributed by atoms with Crippen molar-refractivity contribution in [3.63, 3.8) is 0 Å². The first kappa shape index (κ1) is 15.7. The molecule has 0 aliphatic carbocycles. The van der Waals surface area contributed by atoms with Crippen LogP contribution in [0.25, 0.3) is 0 Å². The lowest BCUT2D eigenvalue weighted by Crippen LogP contribution is -2.39. The Morgan fingerprint density at radius 3 is 2.37 bits per heavy atom. The predicted molar refractivity (Wildman–Crippen MR) is 77.8 cm³/mol. The van der Waals surface area contributed by atoms with Gasteiger partial charge in [-0.05, 0) is 33.3 Å². The number of benzene rings is 1. The molecule has 0 N–H and O–H groups in total. The number of esters is 1. The fraction of sp³-hybridized carbons (Fsp3) is 0.562. The Morgan fingerprint density at radius 1 is 1.21 bits per heavy atom. The highest BCUT2D eigenvalue weighted by atomic mass is 16.5. The largest absolute Gasteiger partial charge is 0.466 e. The minimum absolute atomic E-state index is 0.117. The van der Waals surface area contributed by atoms with Crippen LogP contribution in [0.5, 0.6) is 0 Å².